The lowest BCUT2D eigenvalue weighted by Crippen LogP contribution is -2.34. The van der Waals surface area contributed by atoms with Crippen LogP contribution < -0.4 is 16.3 Å². The fraction of sp³-hybridized carbons (Fsp3) is 0.174. The average Bonchev–Trinajstić information content (AvgIpc) is 3.38. The monoisotopic (exact) mass is 478 g/mol. The van der Waals surface area contributed by atoms with E-state index in [0.29, 0.717) is 17.6 Å². The highest BCUT2D eigenvalue weighted by atomic mass is 31.2. The van der Waals surface area contributed by atoms with Gasteiger partial charge in [-0.15, -0.1) is 0 Å². The van der Waals surface area contributed by atoms with E-state index in [1.54, 1.807) is 43.7 Å². The van der Waals surface area contributed by atoms with E-state index in [2.05, 4.69) is 25.4 Å². The summed E-state index contributed by atoms with van der Waals surface area (Å²) in [4.78, 5) is 36.7. The van der Waals surface area contributed by atoms with Crippen LogP contribution in [-0.2, 0) is 9.09 Å². The molecule has 0 saturated heterocycles. The first-order valence-electron chi connectivity index (χ1n) is 10.5. The van der Waals surface area contributed by atoms with Gasteiger partial charge >= 0.3 is 0 Å². The van der Waals surface area contributed by atoms with Crippen molar-refractivity contribution in [3.63, 3.8) is 0 Å². The van der Waals surface area contributed by atoms with E-state index < -0.39 is 24.9 Å². The second-order valence-corrected chi connectivity index (χ2v) is 9.84. The summed E-state index contributed by atoms with van der Waals surface area (Å²) in [6.45, 7) is 3.59. The normalized spacial score (nSPS) is 13.7. The van der Waals surface area contributed by atoms with Gasteiger partial charge in [-0.25, -0.2) is 9.67 Å². The Labute approximate surface area is 195 Å². The highest BCUT2D eigenvalue weighted by molar-refractivity contribution is 7.65. The van der Waals surface area contributed by atoms with Crippen LogP contribution in [0, 0.1) is 0 Å². The molecule has 11 heteroatoms. The molecular formula is C23H23N6O4P. The van der Waals surface area contributed by atoms with Crippen LogP contribution in [-0.4, -0.2) is 43.9 Å². The Hall–Kier alpha value is -3.88. The van der Waals surface area contributed by atoms with Crippen molar-refractivity contribution >= 4 is 18.7 Å². The highest BCUT2D eigenvalue weighted by Crippen LogP contribution is 2.40. The van der Waals surface area contributed by atoms with Crippen LogP contribution in [0.2, 0.25) is 0 Å². The lowest BCUT2D eigenvalue weighted by Gasteiger charge is -2.20. The number of aromatic amines is 1. The zero-order chi connectivity index (χ0) is 24.1. The number of carbonyl (C=O) groups is 1. The molecule has 4 aromatic rings. The molecule has 4 rings (SSSR count). The fourth-order valence-electron chi connectivity index (χ4n) is 3.39. The second kappa shape index (κ2) is 9.94. The lowest BCUT2D eigenvalue weighted by atomic mass is 10.00. The van der Waals surface area contributed by atoms with Crippen LogP contribution in [0.25, 0.3) is 5.95 Å². The van der Waals surface area contributed by atoms with E-state index in [0.717, 1.165) is 5.56 Å². The smallest absolute Gasteiger partial charge is 0.265 e. The Bertz CT molecular complexity index is 1370. The Balaban J connectivity index is 1.63. The summed E-state index contributed by atoms with van der Waals surface area (Å²) < 4.78 is 19.4. The summed E-state index contributed by atoms with van der Waals surface area (Å²) in [5.41, 5.74) is 1.04. The van der Waals surface area contributed by atoms with Gasteiger partial charge < -0.3 is 9.84 Å². The van der Waals surface area contributed by atoms with E-state index in [9.17, 15) is 14.2 Å². The maximum Gasteiger partial charge on any atom is 0.265 e. The molecule has 3 aromatic heterocycles. The van der Waals surface area contributed by atoms with Gasteiger partial charge in [-0.2, -0.15) is 5.10 Å². The molecule has 2 atom stereocenters. The topological polar surface area (TPSA) is 132 Å². The number of hydrogen-bond donors (Lipinski definition) is 2. The number of nitrogens with one attached hydrogen (secondary N) is 2. The quantitative estimate of drug-likeness (QED) is 0.372. The molecular weight excluding hydrogens is 455 g/mol. The first-order valence-corrected chi connectivity index (χ1v) is 12.6. The lowest BCUT2D eigenvalue weighted by molar-refractivity contribution is 0.0941. The van der Waals surface area contributed by atoms with Crippen molar-refractivity contribution < 1.29 is 13.9 Å². The average molecular weight is 478 g/mol. The third-order valence-corrected chi connectivity index (χ3v) is 6.90. The third kappa shape index (κ3) is 5.03. The molecule has 0 spiro atoms. The van der Waals surface area contributed by atoms with Gasteiger partial charge in [-0.05, 0) is 30.2 Å². The molecule has 1 amide bonds. The van der Waals surface area contributed by atoms with Crippen LogP contribution in [0.3, 0.4) is 0 Å². The van der Waals surface area contributed by atoms with Crippen molar-refractivity contribution in [1.29, 1.82) is 0 Å². The SMILES string of the molecule is CCOP(C)(=O)c1ccc(C(NC(=O)c2cnc(-n3cccn3)[nH]c2=O)c2ccccc2)cn1. The molecule has 2 unspecified atom stereocenters. The van der Waals surface area contributed by atoms with Gasteiger partial charge in [0.15, 0.2) is 0 Å². The van der Waals surface area contributed by atoms with Gasteiger partial charge in [-0.1, -0.05) is 36.4 Å². The number of nitrogens with zero attached hydrogens (tertiary/aromatic N) is 4. The number of rotatable bonds is 8. The van der Waals surface area contributed by atoms with Crippen LogP contribution in [0.1, 0.15) is 34.5 Å². The Morgan fingerprint density at radius 3 is 2.53 bits per heavy atom. The summed E-state index contributed by atoms with van der Waals surface area (Å²) in [6.07, 6.45) is 5.94. The molecule has 0 bridgehead atoms. The van der Waals surface area contributed by atoms with Gasteiger partial charge in [0.25, 0.3) is 11.5 Å². The summed E-state index contributed by atoms with van der Waals surface area (Å²) in [6, 6.07) is 13.7. The molecule has 10 nitrogen and oxygen atoms in total. The summed E-state index contributed by atoms with van der Waals surface area (Å²) in [5.74, 6) is -0.404. The number of aromatic nitrogens is 5. The molecule has 0 fully saturated rings. The van der Waals surface area contributed by atoms with Crippen molar-refractivity contribution in [3.05, 3.63) is 100 Å². The highest BCUT2D eigenvalue weighted by Gasteiger charge is 2.24. The molecule has 0 aliphatic rings. The summed E-state index contributed by atoms with van der Waals surface area (Å²) in [7, 11) is -3.03. The van der Waals surface area contributed by atoms with Gasteiger partial charge in [0.2, 0.25) is 13.3 Å². The van der Waals surface area contributed by atoms with E-state index in [-0.39, 0.29) is 11.5 Å². The van der Waals surface area contributed by atoms with E-state index in [1.165, 1.54) is 17.5 Å². The number of hydrogen-bond acceptors (Lipinski definition) is 7. The predicted molar refractivity (Wildman–Crippen MR) is 127 cm³/mol. The molecule has 0 radical (unpaired) electrons. The van der Waals surface area contributed by atoms with Crippen molar-refractivity contribution in [1.82, 2.24) is 30.0 Å². The molecule has 0 saturated carbocycles. The fourth-order valence-corrected chi connectivity index (χ4v) is 4.63. The predicted octanol–water partition coefficient (Wildman–Crippen LogP) is 2.44. The van der Waals surface area contributed by atoms with Crippen molar-refractivity contribution in [2.45, 2.75) is 13.0 Å². The standard InChI is InChI=1S/C23H23N6O4P/c1-3-33-34(2,32)19-11-10-17(14-24-19)20(16-8-5-4-6-9-16)27-21(30)18-15-25-23(28-22(18)31)29-13-7-12-26-29/h4-15,20H,3H2,1-2H3,(H,27,30)(H,25,28,31). The zero-order valence-corrected chi connectivity index (χ0v) is 19.5. The molecule has 0 aliphatic carbocycles. The Morgan fingerprint density at radius 2 is 1.91 bits per heavy atom. The number of benzene rings is 1. The molecule has 3 heterocycles. The first kappa shape index (κ1) is 23.3. The van der Waals surface area contributed by atoms with Gasteiger partial charge in [0, 0.05) is 31.5 Å². The van der Waals surface area contributed by atoms with E-state index >= 15 is 0 Å². The minimum absolute atomic E-state index is 0.143. The second-order valence-electron chi connectivity index (χ2n) is 7.43. The van der Waals surface area contributed by atoms with Crippen molar-refractivity contribution in [2.75, 3.05) is 13.3 Å². The summed E-state index contributed by atoms with van der Waals surface area (Å²) >= 11 is 0. The molecule has 0 aliphatic heterocycles. The first-order chi connectivity index (χ1) is 16.4. The van der Waals surface area contributed by atoms with Crippen LogP contribution in [0.5, 0.6) is 0 Å². The Kier molecular flexibility index (Phi) is 6.81. The number of carbonyl (C=O) groups excluding carboxylic acids is 1. The minimum atomic E-state index is -3.03. The molecule has 2 N–H and O–H groups in total. The minimum Gasteiger partial charge on any atom is -0.341 e. The summed E-state index contributed by atoms with van der Waals surface area (Å²) in [5, 5.41) is 6.90. The number of pyridine rings is 1. The van der Waals surface area contributed by atoms with Crippen LogP contribution >= 0.6 is 7.37 Å². The van der Waals surface area contributed by atoms with E-state index in [4.69, 9.17) is 4.52 Å². The number of amides is 1. The molecule has 174 valence electrons. The van der Waals surface area contributed by atoms with Gasteiger partial charge in [-0.3, -0.25) is 24.1 Å². The van der Waals surface area contributed by atoms with Gasteiger partial charge in [0.05, 0.1) is 12.6 Å². The molecule has 34 heavy (non-hydrogen) atoms. The number of H-pyrrole nitrogens is 1. The zero-order valence-electron chi connectivity index (χ0n) is 18.6. The van der Waals surface area contributed by atoms with Crippen molar-refractivity contribution in [3.8, 4) is 5.95 Å². The van der Waals surface area contributed by atoms with Crippen LogP contribution in [0.15, 0.2) is 78.1 Å². The Morgan fingerprint density at radius 1 is 1.12 bits per heavy atom. The maximum atomic E-state index is 13.1. The van der Waals surface area contributed by atoms with E-state index in [1.807, 2.05) is 30.3 Å². The van der Waals surface area contributed by atoms with Crippen molar-refractivity contribution in [2.24, 2.45) is 0 Å². The van der Waals surface area contributed by atoms with Crippen LogP contribution in [0.4, 0.5) is 0 Å². The van der Waals surface area contributed by atoms with Gasteiger partial charge in [0.1, 0.15) is 11.0 Å². The largest absolute Gasteiger partial charge is 0.341 e. The maximum absolute atomic E-state index is 13.1. The molecule has 1 aromatic carbocycles. The third-order valence-electron chi connectivity index (χ3n) is 5.06.